The molecule has 1 fully saturated rings. The lowest BCUT2D eigenvalue weighted by molar-refractivity contribution is -0.138. The predicted molar refractivity (Wildman–Crippen MR) is 62.4 cm³/mol. The molecular weight excluding hydrogens is 242 g/mol. The fourth-order valence-corrected chi connectivity index (χ4v) is 2.49. The molecule has 0 aliphatic carbocycles. The Labute approximate surface area is 102 Å². The van der Waals surface area contributed by atoms with Crippen LogP contribution in [0, 0.1) is 16.7 Å². The molecule has 1 aliphatic rings. The summed E-state index contributed by atoms with van der Waals surface area (Å²) in [5.74, 6) is -0.242. The first-order chi connectivity index (χ1) is 7.68. The third-order valence-electron chi connectivity index (χ3n) is 2.81. The number of carbonyl (C=O) groups is 1. The Morgan fingerprint density at radius 3 is 2.06 bits per heavy atom. The highest BCUT2D eigenvalue weighted by molar-refractivity contribution is 7.88. The van der Waals surface area contributed by atoms with Crippen LogP contribution in [0.4, 0.5) is 0 Å². The van der Waals surface area contributed by atoms with Gasteiger partial charge in [0, 0.05) is 26.2 Å². The monoisotopic (exact) mass is 259 g/mol. The highest BCUT2D eigenvalue weighted by Crippen LogP contribution is 2.19. The number of hydrogen-bond donors (Lipinski definition) is 0. The SMILES string of the molecule is CC(C)(C#N)C(=O)N1CCN(S(C)(=O)=O)CC1. The van der Waals surface area contributed by atoms with Gasteiger partial charge in [0.05, 0.1) is 12.3 Å². The van der Waals surface area contributed by atoms with Crippen LogP contribution in [0.5, 0.6) is 0 Å². The quantitative estimate of drug-likeness (QED) is 0.678. The molecule has 0 aromatic heterocycles. The number of hydrogen-bond acceptors (Lipinski definition) is 4. The summed E-state index contributed by atoms with van der Waals surface area (Å²) >= 11 is 0. The van der Waals surface area contributed by atoms with E-state index < -0.39 is 15.4 Å². The summed E-state index contributed by atoms with van der Waals surface area (Å²) in [5, 5.41) is 8.87. The summed E-state index contributed by atoms with van der Waals surface area (Å²) in [6.07, 6.45) is 1.16. The van der Waals surface area contributed by atoms with Crippen LogP contribution in [0.15, 0.2) is 0 Å². The number of rotatable bonds is 2. The minimum Gasteiger partial charge on any atom is -0.339 e. The maximum absolute atomic E-state index is 11.9. The molecule has 6 nitrogen and oxygen atoms in total. The summed E-state index contributed by atoms with van der Waals surface area (Å²) in [7, 11) is -3.19. The van der Waals surface area contributed by atoms with E-state index in [0.29, 0.717) is 26.2 Å². The Bertz CT molecular complexity index is 442. The summed E-state index contributed by atoms with van der Waals surface area (Å²) in [5.41, 5.74) is -1.05. The standard InChI is InChI=1S/C10H17N3O3S/c1-10(2,8-11)9(14)12-4-6-13(7-5-12)17(3,15)16/h4-7H2,1-3H3. The molecule has 1 rings (SSSR count). The van der Waals surface area contributed by atoms with Crippen LogP contribution in [0.3, 0.4) is 0 Å². The molecule has 0 unspecified atom stereocenters. The third kappa shape index (κ3) is 3.17. The van der Waals surface area contributed by atoms with Crippen LogP contribution in [0.25, 0.3) is 0 Å². The molecule has 0 aromatic carbocycles. The summed E-state index contributed by atoms with van der Waals surface area (Å²) in [4.78, 5) is 13.5. The fourth-order valence-electron chi connectivity index (χ4n) is 1.67. The molecule has 1 amide bonds. The Morgan fingerprint density at radius 1 is 1.24 bits per heavy atom. The molecule has 1 aliphatic heterocycles. The van der Waals surface area contributed by atoms with Crippen LogP contribution in [0.1, 0.15) is 13.8 Å². The van der Waals surface area contributed by atoms with Gasteiger partial charge in [0.1, 0.15) is 5.41 Å². The number of nitriles is 1. The maximum Gasteiger partial charge on any atom is 0.242 e. The highest BCUT2D eigenvalue weighted by Gasteiger charge is 2.34. The molecule has 0 atom stereocenters. The Kier molecular flexibility index (Phi) is 3.79. The van der Waals surface area contributed by atoms with Crippen LogP contribution in [0.2, 0.25) is 0 Å². The normalized spacial score (nSPS) is 18.8. The second-order valence-electron chi connectivity index (χ2n) is 4.69. The van der Waals surface area contributed by atoms with Crippen molar-refractivity contribution in [1.82, 2.24) is 9.21 Å². The van der Waals surface area contributed by atoms with Gasteiger partial charge in [-0.1, -0.05) is 0 Å². The molecule has 0 radical (unpaired) electrons. The second-order valence-corrected chi connectivity index (χ2v) is 6.67. The van der Waals surface area contributed by atoms with E-state index in [2.05, 4.69) is 0 Å². The molecule has 0 saturated carbocycles. The smallest absolute Gasteiger partial charge is 0.242 e. The molecule has 17 heavy (non-hydrogen) atoms. The van der Waals surface area contributed by atoms with Crippen molar-refractivity contribution in [2.45, 2.75) is 13.8 Å². The number of sulfonamides is 1. The first kappa shape index (κ1) is 13.9. The van der Waals surface area contributed by atoms with Crippen molar-refractivity contribution in [2.75, 3.05) is 32.4 Å². The second kappa shape index (κ2) is 4.63. The van der Waals surface area contributed by atoms with E-state index >= 15 is 0 Å². The van der Waals surface area contributed by atoms with Gasteiger partial charge in [0.15, 0.2) is 0 Å². The summed E-state index contributed by atoms with van der Waals surface area (Å²) in [6.45, 7) is 4.42. The maximum atomic E-state index is 11.9. The van der Waals surface area contributed by atoms with Crippen molar-refractivity contribution in [3.05, 3.63) is 0 Å². The number of amides is 1. The molecule has 0 aromatic rings. The van der Waals surface area contributed by atoms with Gasteiger partial charge in [-0.3, -0.25) is 4.79 Å². The Morgan fingerprint density at radius 2 is 1.71 bits per heavy atom. The van der Waals surface area contributed by atoms with Crippen LogP contribution >= 0.6 is 0 Å². The minimum absolute atomic E-state index is 0.242. The van der Waals surface area contributed by atoms with E-state index in [-0.39, 0.29) is 5.91 Å². The van der Waals surface area contributed by atoms with Gasteiger partial charge in [-0.2, -0.15) is 9.57 Å². The molecule has 0 spiro atoms. The van der Waals surface area contributed by atoms with Gasteiger partial charge in [0.25, 0.3) is 0 Å². The van der Waals surface area contributed by atoms with Crippen molar-refractivity contribution in [2.24, 2.45) is 5.41 Å². The van der Waals surface area contributed by atoms with Gasteiger partial charge < -0.3 is 4.90 Å². The van der Waals surface area contributed by atoms with E-state index in [9.17, 15) is 13.2 Å². The van der Waals surface area contributed by atoms with E-state index in [4.69, 9.17) is 5.26 Å². The largest absolute Gasteiger partial charge is 0.339 e. The zero-order valence-corrected chi connectivity index (χ0v) is 11.1. The van der Waals surface area contributed by atoms with Gasteiger partial charge in [-0.25, -0.2) is 8.42 Å². The van der Waals surface area contributed by atoms with Gasteiger partial charge in [-0.15, -0.1) is 0 Å². The Balaban J connectivity index is 2.66. The molecule has 7 heteroatoms. The number of carbonyl (C=O) groups excluding carboxylic acids is 1. The topological polar surface area (TPSA) is 81.5 Å². The van der Waals surface area contributed by atoms with E-state index in [1.165, 1.54) is 4.31 Å². The van der Waals surface area contributed by atoms with Crippen LogP contribution < -0.4 is 0 Å². The Hall–Kier alpha value is -1.13. The average molecular weight is 259 g/mol. The lowest BCUT2D eigenvalue weighted by Crippen LogP contribution is -2.53. The van der Waals surface area contributed by atoms with E-state index in [1.807, 2.05) is 6.07 Å². The van der Waals surface area contributed by atoms with Crippen molar-refractivity contribution >= 4 is 15.9 Å². The predicted octanol–water partition coefficient (Wildman–Crippen LogP) is -0.360. The van der Waals surface area contributed by atoms with Crippen molar-refractivity contribution in [3.63, 3.8) is 0 Å². The van der Waals surface area contributed by atoms with Crippen LogP contribution in [-0.2, 0) is 14.8 Å². The van der Waals surface area contributed by atoms with Gasteiger partial charge >= 0.3 is 0 Å². The summed E-state index contributed by atoms with van der Waals surface area (Å²) in [6, 6.07) is 1.96. The molecule has 1 saturated heterocycles. The summed E-state index contributed by atoms with van der Waals surface area (Å²) < 4.78 is 23.9. The zero-order valence-electron chi connectivity index (χ0n) is 10.3. The fraction of sp³-hybridized carbons (Fsp3) is 0.800. The highest BCUT2D eigenvalue weighted by atomic mass is 32.2. The number of nitrogens with zero attached hydrogens (tertiary/aromatic N) is 3. The lowest BCUT2D eigenvalue weighted by Gasteiger charge is -2.35. The zero-order chi connectivity index (χ0) is 13.3. The van der Waals surface area contributed by atoms with Crippen molar-refractivity contribution < 1.29 is 13.2 Å². The average Bonchev–Trinajstić information content (AvgIpc) is 2.27. The molecule has 1 heterocycles. The molecule has 96 valence electrons. The molecular formula is C10H17N3O3S. The lowest BCUT2D eigenvalue weighted by atomic mass is 9.93. The molecule has 0 N–H and O–H groups in total. The molecule has 0 bridgehead atoms. The first-order valence-electron chi connectivity index (χ1n) is 5.34. The van der Waals surface area contributed by atoms with Crippen molar-refractivity contribution in [1.29, 1.82) is 5.26 Å². The minimum atomic E-state index is -3.19. The van der Waals surface area contributed by atoms with E-state index in [1.54, 1.807) is 18.7 Å². The van der Waals surface area contributed by atoms with Crippen molar-refractivity contribution in [3.8, 4) is 6.07 Å². The van der Waals surface area contributed by atoms with Gasteiger partial charge in [0.2, 0.25) is 15.9 Å². The number of piperazine rings is 1. The first-order valence-corrected chi connectivity index (χ1v) is 7.19. The van der Waals surface area contributed by atoms with Crippen LogP contribution in [-0.4, -0.2) is 56.0 Å². The van der Waals surface area contributed by atoms with Gasteiger partial charge in [-0.05, 0) is 13.8 Å². The third-order valence-corrected chi connectivity index (χ3v) is 4.11. The van der Waals surface area contributed by atoms with E-state index in [0.717, 1.165) is 6.26 Å².